The Kier molecular flexibility index (Phi) is 5.89. The molecule has 4 rings (SSSR count). The van der Waals surface area contributed by atoms with Crippen molar-refractivity contribution in [2.45, 2.75) is 33.6 Å². The summed E-state index contributed by atoms with van der Waals surface area (Å²) >= 11 is 0. The van der Waals surface area contributed by atoms with Gasteiger partial charge in [0.1, 0.15) is 11.6 Å². The van der Waals surface area contributed by atoms with Crippen molar-refractivity contribution in [1.29, 1.82) is 0 Å². The van der Waals surface area contributed by atoms with E-state index in [-0.39, 0.29) is 47.1 Å². The standard InChI is InChI=1S/C26H24FNO5/c1-4-33-21(29)12-15-9-10-16(13-20(15)27)28-25(31)22-19(11-14(2)3)17-7-5-6-8-18(17)24(30)23(22)26(28)32/h5-10,13-14,30H,4,11-12H2,1-3H3. The van der Waals surface area contributed by atoms with Gasteiger partial charge in [0.15, 0.2) is 0 Å². The lowest BCUT2D eigenvalue weighted by molar-refractivity contribution is -0.142. The van der Waals surface area contributed by atoms with Crippen molar-refractivity contribution in [3.8, 4) is 5.75 Å². The molecule has 1 aliphatic rings. The molecule has 7 heteroatoms. The fourth-order valence-electron chi connectivity index (χ4n) is 4.29. The molecule has 3 aromatic rings. The van der Waals surface area contributed by atoms with Gasteiger partial charge in [0, 0.05) is 5.39 Å². The third-order valence-electron chi connectivity index (χ3n) is 5.68. The first-order chi connectivity index (χ1) is 15.7. The summed E-state index contributed by atoms with van der Waals surface area (Å²) in [5.41, 5.74) is 0.910. The van der Waals surface area contributed by atoms with Gasteiger partial charge in [-0.05, 0) is 47.9 Å². The third kappa shape index (κ3) is 3.84. The van der Waals surface area contributed by atoms with E-state index in [9.17, 15) is 23.9 Å². The summed E-state index contributed by atoms with van der Waals surface area (Å²) in [5, 5.41) is 12.1. The second-order valence-corrected chi connectivity index (χ2v) is 8.42. The Morgan fingerprint density at radius 1 is 1.06 bits per heavy atom. The maximum Gasteiger partial charge on any atom is 0.310 e. The number of benzene rings is 3. The first-order valence-corrected chi connectivity index (χ1v) is 10.8. The fraction of sp³-hybridized carbons (Fsp3) is 0.269. The lowest BCUT2D eigenvalue weighted by Crippen LogP contribution is -2.29. The Morgan fingerprint density at radius 2 is 1.73 bits per heavy atom. The highest BCUT2D eigenvalue weighted by Gasteiger charge is 2.42. The van der Waals surface area contributed by atoms with Crippen molar-refractivity contribution in [2.75, 3.05) is 11.5 Å². The van der Waals surface area contributed by atoms with Crippen LogP contribution in [-0.4, -0.2) is 29.5 Å². The number of carbonyl (C=O) groups is 3. The largest absolute Gasteiger partial charge is 0.506 e. The van der Waals surface area contributed by atoms with Gasteiger partial charge in [-0.2, -0.15) is 0 Å². The number of anilines is 1. The van der Waals surface area contributed by atoms with E-state index in [1.807, 2.05) is 26.0 Å². The zero-order valence-electron chi connectivity index (χ0n) is 18.6. The molecule has 1 aliphatic heterocycles. The van der Waals surface area contributed by atoms with Crippen LogP contribution in [0.4, 0.5) is 10.1 Å². The number of phenols is 1. The zero-order valence-corrected chi connectivity index (χ0v) is 18.6. The molecule has 0 saturated heterocycles. The predicted molar refractivity (Wildman–Crippen MR) is 122 cm³/mol. The molecule has 0 unspecified atom stereocenters. The normalized spacial score (nSPS) is 13.2. The monoisotopic (exact) mass is 449 g/mol. The van der Waals surface area contributed by atoms with Crippen LogP contribution in [0, 0.1) is 11.7 Å². The van der Waals surface area contributed by atoms with Crippen LogP contribution in [0.15, 0.2) is 42.5 Å². The molecule has 2 amide bonds. The van der Waals surface area contributed by atoms with Crippen molar-refractivity contribution in [2.24, 2.45) is 5.92 Å². The number of fused-ring (bicyclic) bond motifs is 2. The number of rotatable bonds is 6. The molecule has 0 atom stereocenters. The number of hydrogen-bond acceptors (Lipinski definition) is 5. The summed E-state index contributed by atoms with van der Waals surface area (Å²) in [6.45, 7) is 5.85. The highest BCUT2D eigenvalue weighted by Crippen LogP contribution is 2.42. The number of phenolic OH excluding ortho intramolecular Hbond substituents is 1. The van der Waals surface area contributed by atoms with Crippen molar-refractivity contribution in [3.05, 3.63) is 70.5 Å². The number of amides is 2. The Labute approximate surface area is 190 Å². The van der Waals surface area contributed by atoms with Gasteiger partial charge in [0.25, 0.3) is 11.8 Å². The SMILES string of the molecule is CCOC(=O)Cc1ccc(N2C(=O)c3c(c(CC(C)C)c4ccccc4c3O)C2=O)cc1F. The topological polar surface area (TPSA) is 83.9 Å². The van der Waals surface area contributed by atoms with Crippen LogP contribution in [-0.2, 0) is 22.4 Å². The number of ether oxygens (including phenoxy) is 1. The van der Waals surface area contributed by atoms with Crippen LogP contribution in [0.3, 0.4) is 0 Å². The minimum absolute atomic E-state index is 0.0326. The van der Waals surface area contributed by atoms with Crippen molar-refractivity contribution < 1.29 is 28.6 Å². The second-order valence-electron chi connectivity index (χ2n) is 8.42. The van der Waals surface area contributed by atoms with Crippen LogP contribution < -0.4 is 4.90 Å². The van der Waals surface area contributed by atoms with Gasteiger partial charge in [-0.15, -0.1) is 0 Å². The first-order valence-electron chi connectivity index (χ1n) is 10.8. The maximum atomic E-state index is 14.7. The van der Waals surface area contributed by atoms with E-state index in [1.54, 1.807) is 19.1 Å². The van der Waals surface area contributed by atoms with Gasteiger partial charge >= 0.3 is 5.97 Å². The average Bonchev–Trinajstić information content (AvgIpc) is 3.03. The molecule has 0 aromatic heterocycles. The highest BCUT2D eigenvalue weighted by molar-refractivity contribution is 6.37. The number of esters is 1. The molecular formula is C26H24FNO5. The summed E-state index contributed by atoms with van der Waals surface area (Å²) in [6, 6.07) is 10.9. The average molecular weight is 449 g/mol. The van der Waals surface area contributed by atoms with Crippen LogP contribution in [0.1, 0.15) is 52.6 Å². The number of carbonyl (C=O) groups excluding carboxylic acids is 3. The van der Waals surface area contributed by atoms with Crippen molar-refractivity contribution in [3.63, 3.8) is 0 Å². The fourth-order valence-corrected chi connectivity index (χ4v) is 4.29. The minimum Gasteiger partial charge on any atom is -0.506 e. The lowest BCUT2D eigenvalue weighted by Gasteiger charge is -2.16. The molecule has 3 aromatic carbocycles. The summed E-state index contributed by atoms with van der Waals surface area (Å²) in [5.74, 6) is -2.68. The molecule has 0 fully saturated rings. The zero-order chi connectivity index (χ0) is 23.9. The number of halogens is 1. The molecular weight excluding hydrogens is 425 g/mol. The first kappa shape index (κ1) is 22.5. The Morgan fingerprint density at radius 3 is 2.36 bits per heavy atom. The third-order valence-corrected chi connectivity index (χ3v) is 5.68. The minimum atomic E-state index is -0.728. The van der Waals surface area contributed by atoms with Gasteiger partial charge in [-0.25, -0.2) is 9.29 Å². The maximum absolute atomic E-state index is 14.7. The molecule has 6 nitrogen and oxygen atoms in total. The van der Waals surface area contributed by atoms with Crippen molar-refractivity contribution >= 4 is 34.2 Å². The van der Waals surface area contributed by atoms with E-state index in [1.165, 1.54) is 12.1 Å². The molecule has 1 heterocycles. The molecule has 0 saturated carbocycles. The van der Waals surface area contributed by atoms with E-state index in [4.69, 9.17) is 4.74 Å². The van der Waals surface area contributed by atoms with Crippen LogP contribution >= 0.6 is 0 Å². The molecule has 170 valence electrons. The number of hydrogen-bond donors (Lipinski definition) is 1. The summed E-state index contributed by atoms with van der Waals surface area (Å²) in [7, 11) is 0. The molecule has 0 spiro atoms. The summed E-state index contributed by atoms with van der Waals surface area (Å²) in [6.07, 6.45) is 0.273. The molecule has 0 aliphatic carbocycles. The van der Waals surface area contributed by atoms with Crippen LogP contribution in [0.25, 0.3) is 10.8 Å². The Balaban J connectivity index is 1.81. The van der Waals surface area contributed by atoms with Gasteiger partial charge in [0.05, 0.1) is 29.8 Å². The molecule has 0 radical (unpaired) electrons. The van der Waals surface area contributed by atoms with Crippen LogP contribution in [0.5, 0.6) is 5.75 Å². The van der Waals surface area contributed by atoms with Gasteiger partial charge in [-0.1, -0.05) is 44.2 Å². The quantitative estimate of drug-likeness (QED) is 0.432. The number of nitrogens with zero attached hydrogens (tertiary/aromatic N) is 1. The highest BCUT2D eigenvalue weighted by atomic mass is 19.1. The van der Waals surface area contributed by atoms with Gasteiger partial charge in [0.2, 0.25) is 0 Å². The van der Waals surface area contributed by atoms with Gasteiger partial charge in [-0.3, -0.25) is 14.4 Å². The lowest BCUT2D eigenvalue weighted by atomic mass is 9.89. The van der Waals surface area contributed by atoms with E-state index in [2.05, 4.69) is 0 Å². The number of aromatic hydroxyl groups is 1. The van der Waals surface area contributed by atoms with E-state index >= 15 is 0 Å². The smallest absolute Gasteiger partial charge is 0.310 e. The summed E-state index contributed by atoms with van der Waals surface area (Å²) in [4.78, 5) is 39.4. The molecule has 1 N–H and O–H groups in total. The molecule has 33 heavy (non-hydrogen) atoms. The van der Waals surface area contributed by atoms with E-state index in [0.29, 0.717) is 22.8 Å². The second kappa shape index (κ2) is 8.65. The predicted octanol–water partition coefficient (Wildman–Crippen LogP) is 4.79. The van der Waals surface area contributed by atoms with E-state index in [0.717, 1.165) is 11.0 Å². The van der Waals surface area contributed by atoms with Crippen LogP contribution in [0.2, 0.25) is 0 Å². The summed E-state index contributed by atoms with van der Waals surface area (Å²) < 4.78 is 19.6. The van der Waals surface area contributed by atoms with Crippen molar-refractivity contribution in [1.82, 2.24) is 0 Å². The molecule has 0 bridgehead atoms. The Bertz CT molecular complexity index is 1300. The number of imide groups is 1. The Hall–Kier alpha value is -3.74. The van der Waals surface area contributed by atoms with E-state index < -0.39 is 23.6 Å². The van der Waals surface area contributed by atoms with Gasteiger partial charge < -0.3 is 9.84 Å².